The van der Waals surface area contributed by atoms with Gasteiger partial charge in [0.2, 0.25) is 0 Å². The fraction of sp³-hybridized carbons (Fsp3) is 0.385. The number of amides is 1. The van der Waals surface area contributed by atoms with Gasteiger partial charge in [-0.2, -0.15) is 5.26 Å². The Morgan fingerprint density at radius 3 is 2.59 bits per heavy atom. The van der Waals surface area contributed by atoms with Gasteiger partial charge in [0.25, 0.3) is 5.91 Å². The summed E-state index contributed by atoms with van der Waals surface area (Å²) in [4.78, 5) is 13.9. The average Bonchev–Trinajstić information content (AvgIpc) is 2.39. The lowest BCUT2D eigenvalue weighted by atomic mass is 9.98. The van der Waals surface area contributed by atoms with Crippen molar-refractivity contribution in [3.8, 4) is 6.07 Å². The predicted molar refractivity (Wildman–Crippen MR) is 65.7 cm³/mol. The standard InChI is InChI=1S/C13H13ClN2O/c14-12-4-2-1-3-11(12)13(17)16-7-5-10(9-15)6-8-16/h1-4,10H,5-8H2. The number of nitriles is 1. The van der Waals surface area contributed by atoms with E-state index in [1.807, 2.05) is 0 Å². The molecule has 1 heterocycles. The van der Waals surface area contributed by atoms with Crippen LogP contribution in [0.4, 0.5) is 0 Å². The first-order valence-corrected chi connectivity index (χ1v) is 6.03. The highest BCUT2D eigenvalue weighted by atomic mass is 35.5. The van der Waals surface area contributed by atoms with Gasteiger partial charge in [-0.25, -0.2) is 0 Å². The smallest absolute Gasteiger partial charge is 0.255 e. The molecule has 0 bridgehead atoms. The van der Waals surface area contributed by atoms with E-state index in [9.17, 15) is 4.79 Å². The number of rotatable bonds is 1. The Bertz CT molecular complexity index is 459. The second-order valence-corrected chi connectivity index (χ2v) is 4.58. The maximum atomic E-state index is 12.2. The molecule has 17 heavy (non-hydrogen) atoms. The SMILES string of the molecule is N#CC1CCN(C(=O)c2ccccc2Cl)CC1. The molecule has 1 aromatic carbocycles. The summed E-state index contributed by atoms with van der Waals surface area (Å²) in [6, 6.07) is 9.32. The Balaban J connectivity index is 2.08. The highest BCUT2D eigenvalue weighted by Gasteiger charge is 2.24. The molecule has 3 nitrogen and oxygen atoms in total. The number of likely N-dealkylation sites (tertiary alicyclic amines) is 1. The van der Waals surface area contributed by atoms with E-state index < -0.39 is 0 Å². The summed E-state index contributed by atoms with van der Waals surface area (Å²) < 4.78 is 0. The lowest BCUT2D eigenvalue weighted by molar-refractivity contribution is 0.0707. The van der Waals surface area contributed by atoms with Crippen LogP contribution >= 0.6 is 11.6 Å². The van der Waals surface area contributed by atoms with Gasteiger partial charge >= 0.3 is 0 Å². The molecule has 1 aliphatic rings. The van der Waals surface area contributed by atoms with Crippen LogP contribution in [0.5, 0.6) is 0 Å². The molecule has 2 rings (SSSR count). The molecule has 0 aliphatic carbocycles. The van der Waals surface area contributed by atoms with Crippen molar-refractivity contribution < 1.29 is 4.79 Å². The molecule has 4 heteroatoms. The number of carbonyl (C=O) groups is 1. The lowest BCUT2D eigenvalue weighted by Gasteiger charge is -2.29. The zero-order valence-corrected chi connectivity index (χ0v) is 10.2. The van der Waals surface area contributed by atoms with Crippen LogP contribution in [0.3, 0.4) is 0 Å². The predicted octanol–water partition coefficient (Wildman–Crippen LogP) is 2.72. The van der Waals surface area contributed by atoms with Crippen LogP contribution in [0.15, 0.2) is 24.3 Å². The highest BCUT2D eigenvalue weighted by Crippen LogP contribution is 2.21. The van der Waals surface area contributed by atoms with Gasteiger partial charge in [-0.15, -0.1) is 0 Å². The third-order valence-electron chi connectivity index (χ3n) is 3.07. The first-order chi connectivity index (χ1) is 8.22. The molecule has 0 spiro atoms. The van der Waals surface area contributed by atoms with Gasteiger partial charge in [-0.3, -0.25) is 4.79 Å². The number of halogens is 1. The van der Waals surface area contributed by atoms with Gasteiger partial charge in [0.1, 0.15) is 0 Å². The van der Waals surface area contributed by atoms with Crippen LogP contribution < -0.4 is 0 Å². The fourth-order valence-electron chi connectivity index (χ4n) is 2.02. The molecule has 1 amide bonds. The molecule has 0 saturated carbocycles. The highest BCUT2D eigenvalue weighted by molar-refractivity contribution is 6.33. The average molecular weight is 249 g/mol. The summed E-state index contributed by atoms with van der Waals surface area (Å²) in [5, 5.41) is 9.29. The topological polar surface area (TPSA) is 44.1 Å². The molecule has 1 fully saturated rings. The van der Waals surface area contributed by atoms with Crippen molar-refractivity contribution in [1.82, 2.24) is 4.90 Å². The van der Waals surface area contributed by atoms with Gasteiger partial charge in [0, 0.05) is 19.0 Å². The molecule has 88 valence electrons. The third kappa shape index (κ3) is 2.59. The molecule has 1 aromatic rings. The molecular formula is C13H13ClN2O. The molecule has 1 aliphatic heterocycles. The summed E-state index contributed by atoms with van der Waals surface area (Å²) >= 11 is 5.99. The first kappa shape index (κ1) is 11.9. The van der Waals surface area contributed by atoms with Crippen molar-refractivity contribution in [3.63, 3.8) is 0 Å². The fourth-order valence-corrected chi connectivity index (χ4v) is 2.23. The van der Waals surface area contributed by atoms with Crippen molar-refractivity contribution in [2.24, 2.45) is 5.92 Å². The minimum atomic E-state index is -0.0352. The van der Waals surface area contributed by atoms with Crippen LogP contribution in [0.2, 0.25) is 5.02 Å². The summed E-state index contributed by atoms with van der Waals surface area (Å²) in [6.45, 7) is 1.28. The van der Waals surface area contributed by atoms with E-state index in [0.717, 1.165) is 12.8 Å². The van der Waals surface area contributed by atoms with E-state index in [-0.39, 0.29) is 11.8 Å². The molecule has 0 radical (unpaired) electrons. The Labute approximate surface area is 106 Å². The summed E-state index contributed by atoms with van der Waals surface area (Å²) in [5.41, 5.74) is 0.546. The summed E-state index contributed by atoms with van der Waals surface area (Å²) in [7, 11) is 0. The van der Waals surface area contributed by atoms with E-state index in [1.54, 1.807) is 29.2 Å². The zero-order valence-electron chi connectivity index (χ0n) is 9.40. The van der Waals surface area contributed by atoms with Crippen LogP contribution in [0, 0.1) is 17.2 Å². The molecular weight excluding hydrogens is 236 g/mol. The maximum Gasteiger partial charge on any atom is 0.255 e. The van der Waals surface area contributed by atoms with Crippen molar-refractivity contribution in [1.29, 1.82) is 5.26 Å². The second-order valence-electron chi connectivity index (χ2n) is 4.18. The number of hydrogen-bond acceptors (Lipinski definition) is 2. The Kier molecular flexibility index (Phi) is 3.65. The third-order valence-corrected chi connectivity index (χ3v) is 3.40. The summed E-state index contributed by atoms with van der Waals surface area (Å²) in [6.07, 6.45) is 1.51. The van der Waals surface area contributed by atoms with Gasteiger partial charge in [-0.1, -0.05) is 23.7 Å². The Hall–Kier alpha value is -1.53. The van der Waals surface area contributed by atoms with Crippen molar-refractivity contribution in [2.45, 2.75) is 12.8 Å². The van der Waals surface area contributed by atoms with Crippen LogP contribution in [-0.2, 0) is 0 Å². The van der Waals surface area contributed by atoms with E-state index >= 15 is 0 Å². The summed E-state index contributed by atoms with van der Waals surface area (Å²) in [5.74, 6) is 0.0530. The number of hydrogen-bond donors (Lipinski definition) is 0. The van der Waals surface area contributed by atoms with E-state index in [2.05, 4.69) is 6.07 Å². The Morgan fingerprint density at radius 1 is 1.35 bits per heavy atom. The van der Waals surface area contributed by atoms with Gasteiger partial charge in [-0.05, 0) is 25.0 Å². The quantitative estimate of drug-likeness (QED) is 0.767. The number of benzene rings is 1. The van der Waals surface area contributed by atoms with Crippen molar-refractivity contribution in [3.05, 3.63) is 34.9 Å². The first-order valence-electron chi connectivity index (χ1n) is 5.66. The Morgan fingerprint density at radius 2 is 2.00 bits per heavy atom. The van der Waals surface area contributed by atoms with Gasteiger partial charge in [0.05, 0.1) is 16.7 Å². The zero-order chi connectivity index (χ0) is 12.3. The molecule has 1 saturated heterocycles. The molecule has 0 atom stereocenters. The maximum absolute atomic E-state index is 12.2. The minimum Gasteiger partial charge on any atom is -0.339 e. The van der Waals surface area contributed by atoms with Crippen LogP contribution in [-0.4, -0.2) is 23.9 Å². The number of nitrogens with zero attached hydrogens (tertiary/aromatic N) is 2. The van der Waals surface area contributed by atoms with Gasteiger partial charge < -0.3 is 4.90 Å². The van der Waals surface area contributed by atoms with Crippen LogP contribution in [0.1, 0.15) is 23.2 Å². The van der Waals surface area contributed by atoms with E-state index in [0.29, 0.717) is 23.7 Å². The second kappa shape index (κ2) is 5.20. The molecule has 0 unspecified atom stereocenters. The van der Waals surface area contributed by atoms with Crippen molar-refractivity contribution >= 4 is 17.5 Å². The van der Waals surface area contributed by atoms with E-state index in [4.69, 9.17) is 16.9 Å². The number of piperidine rings is 1. The van der Waals surface area contributed by atoms with E-state index in [1.165, 1.54) is 0 Å². The minimum absolute atomic E-state index is 0.0352. The van der Waals surface area contributed by atoms with Crippen LogP contribution in [0.25, 0.3) is 0 Å². The molecule has 0 aromatic heterocycles. The van der Waals surface area contributed by atoms with Crippen molar-refractivity contribution in [2.75, 3.05) is 13.1 Å². The lowest BCUT2D eigenvalue weighted by Crippen LogP contribution is -2.38. The van der Waals surface area contributed by atoms with Gasteiger partial charge in [0.15, 0.2) is 0 Å². The number of carbonyl (C=O) groups excluding carboxylic acids is 1. The molecule has 0 N–H and O–H groups in total. The monoisotopic (exact) mass is 248 g/mol. The normalized spacial score (nSPS) is 16.6. The largest absolute Gasteiger partial charge is 0.339 e.